The van der Waals surface area contributed by atoms with E-state index < -0.39 is 17.8 Å². The predicted octanol–water partition coefficient (Wildman–Crippen LogP) is 6.34. The second kappa shape index (κ2) is 15.7. The number of nitrogens with zero attached hydrogens (tertiary/aromatic N) is 3. The Kier molecular flexibility index (Phi) is 11.5. The molecule has 4 aromatic rings. The molecule has 12 heteroatoms. The van der Waals surface area contributed by atoms with Crippen LogP contribution in [0.4, 0.5) is 26.5 Å². The number of benzene rings is 3. The molecule has 0 aliphatic rings. The number of halogens is 1. The Hall–Kier alpha value is -5.23. The fourth-order valence-corrected chi connectivity index (χ4v) is 4.70. The van der Waals surface area contributed by atoms with Crippen molar-refractivity contribution in [2.75, 3.05) is 51.0 Å². The Labute approximate surface area is 268 Å². The summed E-state index contributed by atoms with van der Waals surface area (Å²) >= 11 is 0. The second-order valence-electron chi connectivity index (χ2n) is 10.3. The lowest BCUT2D eigenvalue weighted by Gasteiger charge is -2.18. The first-order valence-electron chi connectivity index (χ1n) is 14.9. The number of aromatic nitrogens is 2. The molecule has 0 bridgehead atoms. The Morgan fingerprint density at radius 2 is 1.72 bits per heavy atom. The zero-order valence-electron chi connectivity index (χ0n) is 26.9. The van der Waals surface area contributed by atoms with Crippen molar-refractivity contribution in [2.45, 2.75) is 27.7 Å². The number of ether oxygens (including phenoxy) is 3. The third kappa shape index (κ3) is 8.48. The highest BCUT2D eigenvalue weighted by Crippen LogP contribution is 2.31. The van der Waals surface area contributed by atoms with Crippen LogP contribution in [0.1, 0.15) is 35.3 Å². The number of carbonyl (C=O) groups is 2. The van der Waals surface area contributed by atoms with Crippen LogP contribution < -0.4 is 30.2 Å². The van der Waals surface area contributed by atoms with E-state index in [0.29, 0.717) is 41.7 Å². The standard InChI is InChI=1S/C34H39FN6O5/c1-7-41(8-2)17-16-36-32(42)26-14-12-23(18-27(26)35)37-33-38-29(25-11-9-10-21(3)22(25)4)20-31(40-33)46-34(43)39-28-15-13-24(44-5)19-30(28)45-6/h9-15,18-20H,7-8,16-17H2,1-6H3,(H,36,42)(H,39,43)(H,37,38,40). The van der Waals surface area contributed by atoms with E-state index in [-0.39, 0.29) is 17.4 Å². The van der Waals surface area contributed by atoms with Crippen molar-refractivity contribution in [3.05, 3.63) is 83.2 Å². The quantitative estimate of drug-likeness (QED) is 0.155. The zero-order chi connectivity index (χ0) is 33.2. The van der Waals surface area contributed by atoms with Crippen LogP contribution in [0.5, 0.6) is 17.4 Å². The normalized spacial score (nSPS) is 10.8. The number of likely N-dealkylation sites (N-methyl/N-ethyl adjacent to an activating group) is 1. The average molecular weight is 631 g/mol. The van der Waals surface area contributed by atoms with Gasteiger partial charge in [0.25, 0.3) is 5.91 Å². The van der Waals surface area contributed by atoms with Crippen molar-refractivity contribution in [3.8, 4) is 28.6 Å². The maximum Gasteiger partial charge on any atom is 0.418 e. The molecule has 0 spiro atoms. The number of aryl methyl sites for hydroxylation is 1. The van der Waals surface area contributed by atoms with E-state index in [2.05, 4.69) is 30.8 Å². The van der Waals surface area contributed by atoms with Gasteiger partial charge in [0, 0.05) is 36.5 Å². The number of hydrogen-bond donors (Lipinski definition) is 3. The molecule has 0 aliphatic heterocycles. The van der Waals surface area contributed by atoms with Gasteiger partial charge in [-0.1, -0.05) is 32.0 Å². The Morgan fingerprint density at radius 3 is 2.41 bits per heavy atom. The van der Waals surface area contributed by atoms with E-state index in [4.69, 9.17) is 14.2 Å². The number of methoxy groups -OCH3 is 2. The predicted molar refractivity (Wildman–Crippen MR) is 176 cm³/mol. The van der Waals surface area contributed by atoms with E-state index in [0.717, 1.165) is 29.8 Å². The van der Waals surface area contributed by atoms with Gasteiger partial charge in [0.15, 0.2) is 0 Å². The van der Waals surface area contributed by atoms with Crippen LogP contribution in [0.2, 0.25) is 0 Å². The maximum atomic E-state index is 15.1. The lowest BCUT2D eigenvalue weighted by Crippen LogP contribution is -2.35. The summed E-state index contributed by atoms with van der Waals surface area (Å²) in [7, 11) is 3.00. The fourth-order valence-electron chi connectivity index (χ4n) is 4.70. The van der Waals surface area contributed by atoms with Crippen molar-refractivity contribution >= 4 is 29.3 Å². The summed E-state index contributed by atoms with van der Waals surface area (Å²) in [6, 6.07) is 16.4. The molecule has 0 unspecified atom stereocenters. The van der Waals surface area contributed by atoms with Crippen LogP contribution in [0, 0.1) is 19.7 Å². The molecule has 0 fully saturated rings. The van der Waals surface area contributed by atoms with Gasteiger partial charge in [-0.3, -0.25) is 10.1 Å². The first-order valence-corrected chi connectivity index (χ1v) is 14.9. The minimum absolute atomic E-state index is 0.0527. The first kappa shape index (κ1) is 33.7. The molecule has 0 atom stereocenters. The minimum atomic E-state index is -0.817. The van der Waals surface area contributed by atoms with Crippen LogP contribution >= 0.6 is 0 Å². The first-order chi connectivity index (χ1) is 22.1. The zero-order valence-corrected chi connectivity index (χ0v) is 26.9. The highest BCUT2D eigenvalue weighted by molar-refractivity contribution is 5.95. The Balaban J connectivity index is 1.58. The molecule has 0 saturated heterocycles. The molecule has 1 aromatic heterocycles. The van der Waals surface area contributed by atoms with Crippen molar-refractivity contribution in [1.82, 2.24) is 20.2 Å². The van der Waals surface area contributed by atoms with Gasteiger partial charge < -0.3 is 29.7 Å². The SMILES string of the molecule is CCN(CC)CCNC(=O)c1ccc(Nc2nc(OC(=O)Nc3ccc(OC)cc3OC)cc(-c3cccc(C)c3C)n2)cc1F. The van der Waals surface area contributed by atoms with Gasteiger partial charge in [-0.15, -0.1) is 0 Å². The molecule has 3 N–H and O–H groups in total. The fraction of sp³-hybridized carbons (Fsp3) is 0.294. The van der Waals surface area contributed by atoms with Crippen LogP contribution in [-0.4, -0.2) is 67.3 Å². The van der Waals surface area contributed by atoms with Gasteiger partial charge in [0.05, 0.1) is 31.2 Å². The van der Waals surface area contributed by atoms with Gasteiger partial charge in [0.1, 0.15) is 17.3 Å². The van der Waals surface area contributed by atoms with E-state index in [9.17, 15) is 9.59 Å². The van der Waals surface area contributed by atoms with E-state index in [1.807, 2.05) is 45.9 Å². The topological polar surface area (TPSA) is 127 Å². The summed E-state index contributed by atoms with van der Waals surface area (Å²) < 4.78 is 31.2. The number of hydrogen-bond acceptors (Lipinski definition) is 9. The molecule has 11 nitrogen and oxygen atoms in total. The van der Waals surface area contributed by atoms with E-state index in [1.54, 1.807) is 30.3 Å². The largest absolute Gasteiger partial charge is 0.497 e. The molecule has 4 rings (SSSR count). The number of carbonyl (C=O) groups excluding carboxylic acids is 2. The molecule has 242 valence electrons. The molecule has 3 aromatic carbocycles. The molecule has 1 heterocycles. The van der Waals surface area contributed by atoms with Gasteiger partial charge in [-0.25, -0.2) is 14.2 Å². The summed E-state index contributed by atoms with van der Waals surface area (Å²) in [6.07, 6.45) is -0.817. The monoisotopic (exact) mass is 630 g/mol. The Morgan fingerprint density at radius 1 is 0.935 bits per heavy atom. The number of nitrogens with one attached hydrogen (secondary N) is 3. The molecule has 0 aliphatic carbocycles. The molecule has 2 amide bonds. The van der Waals surface area contributed by atoms with Crippen molar-refractivity contribution in [3.63, 3.8) is 0 Å². The Bertz CT molecular complexity index is 1700. The van der Waals surface area contributed by atoms with Crippen LogP contribution in [-0.2, 0) is 0 Å². The molecule has 46 heavy (non-hydrogen) atoms. The third-order valence-corrected chi connectivity index (χ3v) is 7.50. The molecular formula is C34H39FN6O5. The number of amides is 2. The summed E-state index contributed by atoms with van der Waals surface area (Å²) in [5, 5.41) is 8.39. The molecular weight excluding hydrogens is 591 g/mol. The van der Waals surface area contributed by atoms with E-state index in [1.165, 1.54) is 26.4 Å². The van der Waals surface area contributed by atoms with Gasteiger partial charge >= 0.3 is 6.09 Å². The van der Waals surface area contributed by atoms with Crippen LogP contribution in [0.15, 0.2) is 60.7 Å². The lowest BCUT2D eigenvalue weighted by atomic mass is 10.0. The smallest absolute Gasteiger partial charge is 0.418 e. The third-order valence-electron chi connectivity index (χ3n) is 7.50. The van der Waals surface area contributed by atoms with Crippen molar-refractivity contribution < 1.29 is 28.2 Å². The van der Waals surface area contributed by atoms with Crippen LogP contribution in [0.25, 0.3) is 11.3 Å². The number of rotatable bonds is 13. The van der Waals surface area contributed by atoms with E-state index >= 15 is 4.39 Å². The highest BCUT2D eigenvalue weighted by atomic mass is 19.1. The number of anilines is 3. The summed E-state index contributed by atoms with van der Waals surface area (Å²) in [5.41, 5.74) is 3.89. The summed E-state index contributed by atoms with van der Waals surface area (Å²) in [4.78, 5) is 36.7. The molecule has 0 saturated carbocycles. The van der Waals surface area contributed by atoms with Gasteiger partial charge in [0.2, 0.25) is 11.8 Å². The van der Waals surface area contributed by atoms with Gasteiger partial charge in [-0.05, 0) is 68.4 Å². The summed E-state index contributed by atoms with van der Waals surface area (Å²) in [5.74, 6) is -0.275. The minimum Gasteiger partial charge on any atom is -0.497 e. The lowest BCUT2D eigenvalue weighted by molar-refractivity contribution is 0.0945. The highest BCUT2D eigenvalue weighted by Gasteiger charge is 2.17. The molecule has 0 radical (unpaired) electrons. The maximum absolute atomic E-state index is 15.1. The van der Waals surface area contributed by atoms with Crippen molar-refractivity contribution in [1.29, 1.82) is 0 Å². The van der Waals surface area contributed by atoms with Crippen LogP contribution in [0.3, 0.4) is 0 Å². The van der Waals surface area contributed by atoms with Gasteiger partial charge in [-0.2, -0.15) is 4.98 Å². The second-order valence-corrected chi connectivity index (χ2v) is 10.3. The average Bonchev–Trinajstić information content (AvgIpc) is 3.04. The summed E-state index contributed by atoms with van der Waals surface area (Å²) in [6.45, 7) is 10.8. The van der Waals surface area contributed by atoms with Crippen molar-refractivity contribution in [2.24, 2.45) is 0 Å².